The molecule has 0 aliphatic carbocycles. The Hall–Kier alpha value is -3.88. The van der Waals surface area contributed by atoms with Crippen molar-refractivity contribution < 1.29 is 24.1 Å². The van der Waals surface area contributed by atoms with Crippen LogP contribution in [-0.2, 0) is 20.8 Å². The van der Waals surface area contributed by atoms with Gasteiger partial charge in [0.05, 0.1) is 13.7 Å². The predicted molar refractivity (Wildman–Crippen MR) is 135 cm³/mol. The molecule has 188 valence electrons. The summed E-state index contributed by atoms with van der Waals surface area (Å²) in [6.07, 6.45) is -2.08. The third-order valence-electron chi connectivity index (χ3n) is 5.28. The molecule has 0 aliphatic rings. The molecule has 0 bridgehead atoms. The normalized spacial score (nSPS) is 13.1. The Balaban J connectivity index is 1.99. The van der Waals surface area contributed by atoms with E-state index in [9.17, 15) is 9.90 Å². The van der Waals surface area contributed by atoms with Gasteiger partial charge in [-0.3, -0.25) is 0 Å². The van der Waals surface area contributed by atoms with E-state index in [-0.39, 0.29) is 24.7 Å². The first kappa shape index (κ1) is 26.7. The maximum absolute atomic E-state index is 12.6. The maximum Gasteiger partial charge on any atom is 0.364 e. The molecule has 2 unspecified atom stereocenters. The Kier molecular flexibility index (Phi) is 9.85. The first-order valence-corrected chi connectivity index (χ1v) is 11.6. The quantitative estimate of drug-likeness (QED) is 0.125. The monoisotopic (exact) mass is 509 g/mol. The van der Waals surface area contributed by atoms with Crippen molar-refractivity contribution in [3.05, 3.63) is 112 Å². The van der Waals surface area contributed by atoms with Gasteiger partial charge in [-0.25, -0.2) is 10.3 Å². The predicted octanol–water partition coefficient (Wildman–Crippen LogP) is 5.69. The van der Waals surface area contributed by atoms with Crippen molar-refractivity contribution >= 4 is 17.6 Å². The van der Waals surface area contributed by atoms with Gasteiger partial charge in [0.2, 0.25) is 11.6 Å². The molecule has 36 heavy (non-hydrogen) atoms. The van der Waals surface area contributed by atoms with Crippen LogP contribution in [-0.4, -0.2) is 24.8 Å². The van der Waals surface area contributed by atoms with Gasteiger partial charge in [-0.2, -0.15) is 0 Å². The molecule has 8 nitrogen and oxygen atoms in total. The molecule has 0 spiro atoms. The van der Waals surface area contributed by atoms with Crippen molar-refractivity contribution in [3.8, 4) is 5.75 Å². The van der Waals surface area contributed by atoms with Crippen molar-refractivity contribution in [2.75, 3.05) is 13.7 Å². The number of aliphatic hydroxyl groups excluding tert-OH is 1. The van der Waals surface area contributed by atoms with Gasteiger partial charge in [0.25, 0.3) is 0 Å². The first-order valence-electron chi connectivity index (χ1n) is 11.3. The molecule has 3 aromatic rings. The molecule has 0 saturated carbocycles. The van der Waals surface area contributed by atoms with E-state index in [1.54, 1.807) is 62.6 Å². The number of carbonyl (C=O) groups is 1. The van der Waals surface area contributed by atoms with Crippen LogP contribution in [0.5, 0.6) is 5.75 Å². The summed E-state index contributed by atoms with van der Waals surface area (Å²) in [6.45, 7) is 2.00. The maximum atomic E-state index is 12.6. The number of hydrogen-bond acceptors (Lipinski definition) is 8. The SMILES string of the molecule is CCOC(=O)/C(N=N)=C(/NCc1ccc(OC)cc1)OC(c1ccccc1)C(O)c1ccc(Cl)cc1. The van der Waals surface area contributed by atoms with E-state index in [0.717, 1.165) is 5.56 Å². The number of nitrogens with zero attached hydrogens (tertiary/aromatic N) is 1. The van der Waals surface area contributed by atoms with E-state index in [2.05, 4.69) is 10.4 Å². The Labute approximate surface area is 215 Å². The lowest BCUT2D eigenvalue weighted by Gasteiger charge is -2.27. The van der Waals surface area contributed by atoms with Gasteiger partial charge in [-0.15, -0.1) is 5.11 Å². The molecule has 0 radical (unpaired) electrons. The van der Waals surface area contributed by atoms with Crippen molar-refractivity contribution in [3.63, 3.8) is 0 Å². The minimum atomic E-state index is -1.13. The minimum Gasteiger partial charge on any atom is -0.497 e. The Morgan fingerprint density at radius 3 is 2.28 bits per heavy atom. The van der Waals surface area contributed by atoms with Crippen LogP contribution < -0.4 is 10.1 Å². The van der Waals surface area contributed by atoms with Crippen molar-refractivity contribution in [2.24, 2.45) is 5.11 Å². The number of nitrogens with one attached hydrogen (secondary N) is 2. The third-order valence-corrected chi connectivity index (χ3v) is 5.53. The topological polar surface area (TPSA) is 113 Å². The van der Waals surface area contributed by atoms with Crippen molar-refractivity contribution in [1.82, 2.24) is 5.32 Å². The van der Waals surface area contributed by atoms with Crippen LogP contribution in [0.1, 0.15) is 35.8 Å². The molecule has 3 N–H and O–H groups in total. The molecule has 9 heteroatoms. The van der Waals surface area contributed by atoms with Gasteiger partial charge < -0.3 is 24.6 Å². The summed E-state index contributed by atoms with van der Waals surface area (Å²) in [4.78, 5) is 12.6. The molecule has 0 aromatic heterocycles. The molecule has 3 rings (SSSR count). The van der Waals surface area contributed by atoms with Crippen LogP contribution in [0, 0.1) is 5.53 Å². The van der Waals surface area contributed by atoms with Crippen LogP contribution in [0.15, 0.2) is 95.6 Å². The second kappa shape index (κ2) is 13.3. The van der Waals surface area contributed by atoms with Gasteiger partial charge in [-0.1, -0.05) is 66.2 Å². The highest BCUT2D eigenvalue weighted by atomic mass is 35.5. The van der Waals surface area contributed by atoms with Gasteiger partial charge in [0.1, 0.15) is 11.9 Å². The highest BCUT2D eigenvalue weighted by Crippen LogP contribution is 2.35. The van der Waals surface area contributed by atoms with Crippen LogP contribution in [0.25, 0.3) is 0 Å². The van der Waals surface area contributed by atoms with Crippen LogP contribution in [0.3, 0.4) is 0 Å². The van der Waals surface area contributed by atoms with Crippen molar-refractivity contribution in [2.45, 2.75) is 25.7 Å². The highest BCUT2D eigenvalue weighted by Gasteiger charge is 2.29. The number of halogens is 1. The Bertz CT molecular complexity index is 1170. The number of rotatable bonds is 12. The van der Waals surface area contributed by atoms with E-state index in [4.69, 9.17) is 31.3 Å². The highest BCUT2D eigenvalue weighted by molar-refractivity contribution is 6.30. The van der Waals surface area contributed by atoms with Gasteiger partial charge in [0.15, 0.2) is 6.10 Å². The summed E-state index contributed by atoms with van der Waals surface area (Å²) >= 11 is 6.02. The summed E-state index contributed by atoms with van der Waals surface area (Å²) in [5.41, 5.74) is 9.35. The molecule has 0 aliphatic heterocycles. The number of esters is 1. The average Bonchev–Trinajstić information content (AvgIpc) is 2.91. The van der Waals surface area contributed by atoms with Crippen LogP contribution in [0.4, 0.5) is 0 Å². The van der Waals surface area contributed by atoms with E-state index in [0.29, 0.717) is 21.9 Å². The van der Waals surface area contributed by atoms with Gasteiger partial charge >= 0.3 is 5.97 Å². The molecule has 0 fully saturated rings. The van der Waals surface area contributed by atoms with E-state index in [1.807, 2.05) is 30.3 Å². The number of hydrogen-bond donors (Lipinski definition) is 3. The molecular weight excluding hydrogens is 482 g/mol. The zero-order valence-corrected chi connectivity index (χ0v) is 20.7. The second-order valence-corrected chi connectivity index (χ2v) is 8.09. The van der Waals surface area contributed by atoms with Crippen molar-refractivity contribution in [1.29, 1.82) is 5.53 Å². The zero-order valence-electron chi connectivity index (χ0n) is 20.0. The first-order chi connectivity index (χ1) is 17.5. The largest absolute Gasteiger partial charge is 0.497 e. The lowest BCUT2D eigenvalue weighted by atomic mass is 9.98. The lowest BCUT2D eigenvalue weighted by molar-refractivity contribution is -0.139. The molecule has 0 heterocycles. The van der Waals surface area contributed by atoms with Gasteiger partial charge in [-0.05, 0) is 47.9 Å². The fraction of sp³-hybridized carbons (Fsp3) is 0.222. The summed E-state index contributed by atoms with van der Waals surface area (Å²) in [5.74, 6) is -0.215. The van der Waals surface area contributed by atoms with E-state index < -0.39 is 18.2 Å². The zero-order chi connectivity index (χ0) is 25.9. The number of benzene rings is 3. The fourth-order valence-electron chi connectivity index (χ4n) is 3.41. The third kappa shape index (κ3) is 7.07. The van der Waals surface area contributed by atoms with Crippen LogP contribution >= 0.6 is 11.6 Å². The average molecular weight is 510 g/mol. The van der Waals surface area contributed by atoms with E-state index in [1.165, 1.54) is 0 Å². The summed E-state index contributed by atoms with van der Waals surface area (Å²) in [7, 11) is 1.58. The minimum absolute atomic E-state index is 0.0962. The molecule has 3 aromatic carbocycles. The lowest BCUT2D eigenvalue weighted by Crippen LogP contribution is -2.25. The molecule has 0 saturated heterocycles. The molecule has 0 amide bonds. The summed E-state index contributed by atoms with van der Waals surface area (Å²) < 4.78 is 16.5. The Morgan fingerprint density at radius 1 is 1.03 bits per heavy atom. The number of ether oxygens (including phenoxy) is 3. The Morgan fingerprint density at radius 2 is 1.69 bits per heavy atom. The van der Waals surface area contributed by atoms with E-state index >= 15 is 0 Å². The number of carbonyl (C=O) groups excluding carboxylic acids is 1. The smallest absolute Gasteiger partial charge is 0.364 e. The van der Waals surface area contributed by atoms with Gasteiger partial charge in [0, 0.05) is 11.6 Å². The van der Waals surface area contributed by atoms with Crippen LogP contribution in [0.2, 0.25) is 5.02 Å². The molecule has 2 atom stereocenters. The standard InChI is InChI=1S/C27H28ClN3O5/c1-3-35-27(33)23(31-29)26(30-17-18-9-15-22(34-2)16-10-18)36-25(20-7-5-4-6-8-20)24(32)19-11-13-21(28)14-12-19/h4-16,24-25,29-30,32H,3,17H2,1-2H3/b26-23+,31-29?. The number of aliphatic hydroxyl groups is 1. The fourth-order valence-corrected chi connectivity index (χ4v) is 3.54. The molecular formula is C27H28ClN3O5. The summed E-state index contributed by atoms with van der Waals surface area (Å²) in [6, 6.07) is 23.1. The second-order valence-electron chi connectivity index (χ2n) is 7.66. The summed E-state index contributed by atoms with van der Waals surface area (Å²) in [5, 5.41) is 18.3. The number of methoxy groups -OCH3 is 1.